The first-order chi connectivity index (χ1) is 14.0. The zero-order chi connectivity index (χ0) is 20.8. The lowest BCUT2D eigenvalue weighted by atomic mass is 10.0. The Hall–Kier alpha value is -2.44. The standard InChI is InChI=1S/C23H29N3O2S/c1-17(2)10-13-26-14-11-18(12-15-26)24-22(27)19-7-4-5-8-20(19)25(3)23(28)21-9-6-16-29-21/h4-10,16,18H,11-15H2,1-3H3,(H,24,27). The Balaban J connectivity index is 1.63. The van der Waals surface area contributed by atoms with E-state index in [9.17, 15) is 9.59 Å². The highest BCUT2D eigenvalue weighted by Crippen LogP contribution is 2.23. The first-order valence-corrected chi connectivity index (χ1v) is 10.9. The molecule has 0 saturated carbocycles. The molecule has 1 aliphatic heterocycles. The van der Waals surface area contributed by atoms with Crippen LogP contribution in [0, 0.1) is 0 Å². The average molecular weight is 412 g/mol. The lowest BCUT2D eigenvalue weighted by Gasteiger charge is -2.32. The topological polar surface area (TPSA) is 52.7 Å². The molecule has 1 aliphatic rings. The van der Waals surface area contributed by atoms with Crippen LogP contribution in [0.25, 0.3) is 0 Å². The Kier molecular flexibility index (Phi) is 7.23. The number of nitrogens with one attached hydrogen (secondary N) is 1. The summed E-state index contributed by atoms with van der Waals surface area (Å²) in [6.07, 6.45) is 4.12. The fraction of sp³-hybridized carbons (Fsp3) is 0.391. The van der Waals surface area contributed by atoms with E-state index in [-0.39, 0.29) is 17.9 Å². The third kappa shape index (κ3) is 5.55. The summed E-state index contributed by atoms with van der Waals surface area (Å²) < 4.78 is 0. The first kappa shape index (κ1) is 21.3. The summed E-state index contributed by atoms with van der Waals surface area (Å²) in [6, 6.07) is 11.1. The van der Waals surface area contributed by atoms with E-state index in [2.05, 4.69) is 30.1 Å². The Bertz CT molecular complexity index is 864. The number of amides is 2. The van der Waals surface area contributed by atoms with E-state index in [1.54, 1.807) is 24.1 Å². The molecule has 0 spiro atoms. The largest absolute Gasteiger partial charge is 0.349 e. The number of nitrogens with zero attached hydrogens (tertiary/aromatic N) is 2. The minimum Gasteiger partial charge on any atom is -0.349 e. The van der Waals surface area contributed by atoms with Crippen LogP contribution in [0.4, 0.5) is 5.69 Å². The van der Waals surface area contributed by atoms with Crippen LogP contribution in [0.5, 0.6) is 0 Å². The van der Waals surface area contributed by atoms with Crippen molar-refractivity contribution in [2.24, 2.45) is 0 Å². The molecule has 0 bridgehead atoms. The highest BCUT2D eigenvalue weighted by Gasteiger charge is 2.24. The van der Waals surface area contributed by atoms with Gasteiger partial charge in [0.2, 0.25) is 0 Å². The number of allylic oxidation sites excluding steroid dienone is 1. The van der Waals surface area contributed by atoms with Gasteiger partial charge in [-0.1, -0.05) is 29.8 Å². The zero-order valence-corrected chi connectivity index (χ0v) is 18.2. The molecule has 0 unspecified atom stereocenters. The normalized spacial score (nSPS) is 15.0. The Morgan fingerprint density at radius 2 is 1.90 bits per heavy atom. The van der Waals surface area contributed by atoms with Gasteiger partial charge < -0.3 is 10.2 Å². The molecular weight excluding hydrogens is 382 g/mol. The second kappa shape index (κ2) is 9.85. The van der Waals surface area contributed by atoms with Crippen LogP contribution in [0.3, 0.4) is 0 Å². The van der Waals surface area contributed by atoms with Crippen LogP contribution in [-0.2, 0) is 0 Å². The molecule has 0 aliphatic carbocycles. The number of thiophene rings is 1. The van der Waals surface area contributed by atoms with Crippen molar-refractivity contribution in [3.8, 4) is 0 Å². The molecule has 1 aromatic carbocycles. The van der Waals surface area contributed by atoms with E-state index in [0.29, 0.717) is 16.1 Å². The number of piperidine rings is 1. The van der Waals surface area contributed by atoms with Crippen LogP contribution in [0.1, 0.15) is 46.7 Å². The van der Waals surface area contributed by atoms with Crippen LogP contribution in [0.15, 0.2) is 53.4 Å². The SMILES string of the molecule is CC(C)=CCN1CCC(NC(=O)c2ccccc2N(C)C(=O)c2cccs2)CC1. The number of benzene rings is 1. The highest BCUT2D eigenvalue weighted by atomic mass is 32.1. The number of carbonyl (C=O) groups excluding carboxylic acids is 2. The quantitative estimate of drug-likeness (QED) is 0.726. The molecule has 1 N–H and O–H groups in total. The number of hydrogen-bond donors (Lipinski definition) is 1. The fourth-order valence-corrected chi connectivity index (χ4v) is 4.17. The average Bonchev–Trinajstić information content (AvgIpc) is 3.27. The van der Waals surface area contributed by atoms with Crippen molar-refractivity contribution in [1.82, 2.24) is 10.2 Å². The minimum absolute atomic E-state index is 0.104. The van der Waals surface area contributed by atoms with Crippen molar-refractivity contribution in [3.05, 3.63) is 63.9 Å². The molecule has 0 radical (unpaired) electrons. The number of para-hydroxylation sites is 1. The number of likely N-dealkylation sites (tertiary alicyclic amines) is 1. The molecule has 6 heteroatoms. The predicted molar refractivity (Wildman–Crippen MR) is 120 cm³/mol. The second-order valence-electron chi connectivity index (χ2n) is 7.69. The summed E-state index contributed by atoms with van der Waals surface area (Å²) in [5.41, 5.74) is 2.49. The van der Waals surface area contributed by atoms with Crippen LogP contribution in [-0.4, -0.2) is 49.4 Å². The van der Waals surface area contributed by atoms with Gasteiger partial charge in [0, 0.05) is 32.7 Å². The van der Waals surface area contributed by atoms with Gasteiger partial charge in [0.1, 0.15) is 0 Å². The van der Waals surface area contributed by atoms with E-state index in [1.165, 1.54) is 16.9 Å². The summed E-state index contributed by atoms with van der Waals surface area (Å²) in [7, 11) is 1.72. The highest BCUT2D eigenvalue weighted by molar-refractivity contribution is 7.12. The number of carbonyl (C=O) groups is 2. The maximum Gasteiger partial charge on any atom is 0.268 e. The van der Waals surface area contributed by atoms with Crippen LogP contribution >= 0.6 is 11.3 Å². The monoisotopic (exact) mass is 411 g/mol. The van der Waals surface area contributed by atoms with E-state index in [4.69, 9.17) is 0 Å². The van der Waals surface area contributed by atoms with Crippen molar-refractivity contribution in [2.75, 3.05) is 31.6 Å². The third-order valence-corrected chi connectivity index (χ3v) is 6.09. The van der Waals surface area contributed by atoms with Crippen LogP contribution in [0.2, 0.25) is 0 Å². The van der Waals surface area contributed by atoms with Gasteiger partial charge in [-0.2, -0.15) is 0 Å². The van der Waals surface area contributed by atoms with Gasteiger partial charge in [-0.3, -0.25) is 14.5 Å². The molecule has 2 amide bonds. The summed E-state index contributed by atoms with van der Waals surface area (Å²) >= 11 is 1.40. The van der Waals surface area contributed by atoms with Gasteiger partial charge >= 0.3 is 0 Å². The molecule has 2 aromatic rings. The van der Waals surface area contributed by atoms with E-state index < -0.39 is 0 Å². The third-order valence-electron chi connectivity index (χ3n) is 5.23. The van der Waals surface area contributed by atoms with Crippen molar-refractivity contribution in [3.63, 3.8) is 0 Å². The van der Waals surface area contributed by atoms with Crippen molar-refractivity contribution < 1.29 is 9.59 Å². The van der Waals surface area contributed by atoms with Gasteiger partial charge in [-0.15, -0.1) is 11.3 Å². The molecule has 1 fully saturated rings. The first-order valence-electron chi connectivity index (χ1n) is 10.0. The number of rotatable bonds is 6. The summed E-state index contributed by atoms with van der Waals surface area (Å²) in [4.78, 5) is 30.3. The zero-order valence-electron chi connectivity index (χ0n) is 17.4. The summed E-state index contributed by atoms with van der Waals surface area (Å²) in [6.45, 7) is 7.16. The number of anilines is 1. The van der Waals surface area contributed by atoms with Crippen molar-refractivity contribution in [2.45, 2.75) is 32.7 Å². The van der Waals surface area contributed by atoms with Gasteiger partial charge in [-0.25, -0.2) is 0 Å². The molecule has 0 atom stereocenters. The summed E-state index contributed by atoms with van der Waals surface area (Å²) in [5, 5.41) is 5.05. The van der Waals surface area contributed by atoms with Gasteiger partial charge in [-0.05, 0) is 50.3 Å². The van der Waals surface area contributed by atoms with E-state index in [0.717, 1.165) is 32.5 Å². The van der Waals surface area contributed by atoms with E-state index >= 15 is 0 Å². The van der Waals surface area contributed by atoms with Gasteiger partial charge in [0.25, 0.3) is 11.8 Å². The Morgan fingerprint density at radius 1 is 1.17 bits per heavy atom. The predicted octanol–water partition coefficient (Wildman–Crippen LogP) is 4.19. The minimum atomic E-state index is -0.117. The summed E-state index contributed by atoms with van der Waals surface area (Å²) in [5.74, 6) is -0.220. The Morgan fingerprint density at radius 3 is 2.55 bits per heavy atom. The van der Waals surface area contributed by atoms with Gasteiger partial charge in [0.15, 0.2) is 0 Å². The lowest BCUT2D eigenvalue weighted by Crippen LogP contribution is -2.45. The van der Waals surface area contributed by atoms with Crippen molar-refractivity contribution in [1.29, 1.82) is 0 Å². The van der Waals surface area contributed by atoms with Crippen molar-refractivity contribution >= 4 is 28.8 Å². The molecule has 1 aromatic heterocycles. The maximum atomic E-state index is 13.0. The molecule has 154 valence electrons. The molecule has 2 heterocycles. The van der Waals surface area contributed by atoms with Gasteiger partial charge in [0.05, 0.1) is 16.1 Å². The molecule has 29 heavy (non-hydrogen) atoms. The fourth-order valence-electron chi connectivity index (χ4n) is 3.47. The molecular formula is C23H29N3O2S. The smallest absolute Gasteiger partial charge is 0.268 e. The molecule has 1 saturated heterocycles. The lowest BCUT2D eigenvalue weighted by molar-refractivity contribution is 0.0914. The molecule has 3 rings (SSSR count). The van der Waals surface area contributed by atoms with Crippen LogP contribution < -0.4 is 10.2 Å². The second-order valence-corrected chi connectivity index (χ2v) is 8.64. The maximum absolute atomic E-state index is 13.0. The Labute approximate surface area is 177 Å². The van der Waals surface area contributed by atoms with E-state index in [1.807, 2.05) is 29.6 Å². The number of hydrogen-bond acceptors (Lipinski definition) is 4. The molecule has 5 nitrogen and oxygen atoms in total.